The molecule has 0 spiro atoms. The maximum atomic E-state index is 10.6. The summed E-state index contributed by atoms with van der Waals surface area (Å²) in [5, 5.41) is 20.6. The number of nitro groups is 1. The van der Waals surface area contributed by atoms with Crippen LogP contribution in [0.15, 0.2) is 67.1 Å². The Kier molecular flexibility index (Phi) is 5.06. The molecule has 0 aliphatic rings. The molecule has 0 amide bonds. The number of rotatable bonds is 7. The average molecular weight is 339 g/mol. The standard InChI is InChI=1S/C18H17N3O4/c22-16(10-20-11-18(19-13-20)21(23)24)12-25-17-8-6-15(7-9-17)14-4-2-1-3-5-14/h1-9,11,13,16,22H,10,12H2/t16-/m1/s1. The molecule has 0 radical (unpaired) electrons. The summed E-state index contributed by atoms with van der Waals surface area (Å²) in [6, 6.07) is 17.6. The van der Waals surface area contributed by atoms with Crippen molar-refractivity contribution in [1.82, 2.24) is 9.55 Å². The van der Waals surface area contributed by atoms with E-state index in [0.29, 0.717) is 5.75 Å². The van der Waals surface area contributed by atoms with Gasteiger partial charge in [0.2, 0.25) is 6.33 Å². The highest BCUT2D eigenvalue weighted by molar-refractivity contribution is 5.63. The first-order valence-electron chi connectivity index (χ1n) is 7.74. The lowest BCUT2D eigenvalue weighted by Gasteiger charge is -2.12. The molecule has 1 atom stereocenters. The molecule has 1 N–H and O–H groups in total. The van der Waals surface area contributed by atoms with Crippen LogP contribution in [-0.2, 0) is 6.54 Å². The molecule has 0 saturated heterocycles. The van der Waals surface area contributed by atoms with E-state index >= 15 is 0 Å². The second-order valence-electron chi connectivity index (χ2n) is 5.54. The lowest BCUT2D eigenvalue weighted by molar-refractivity contribution is -0.389. The molecule has 0 fully saturated rings. The van der Waals surface area contributed by atoms with E-state index in [0.717, 1.165) is 11.1 Å². The Morgan fingerprint density at radius 3 is 2.44 bits per heavy atom. The van der Waals surface area contributed by atoms with Gasteiger partial charge in [0.05, 0.1) is 6.54 Å². The fourth-order valence-corrected chi connectivity index (χ4v) is 2.41. The van der Waals surface area contributed by atoms with Gasteiger partial charge in [0, 0.05) is 0 Å². The van der Waals surface area contributed by atoms with E-state index in [1.807, 2.05) is 54.6 Å². The van der Waals surface area contributed by atoms with E-state index in [9.17, 15) is 15.2 Å². The molecule has 1 aromatic heterocycles. The first-order chi connectivity index (χ1) is 12.1. The molecular formula is C18H17N3O4. The molecule has 7 nitrogen and oxygen atoms in total. The lowest BCUT2D eigenvalue weighted by atomic mass is 10.1. The Labute approximate surface area is 144 Å². The molecule has 3 rings (SSSR count). The molecule has 0 saturated carbocycles. The second-order valence-corrected chi connectivity index (χ2v) is 5.54. The normalized spacial score (nSPS) is 11.9. The zero-order valence-electron chi connectivity index (χ0n) is 13.4. The van der Waals surface area contributed by atoms with Gasteiger partial charge < -0.3 is 24.5 Å². The molecule has 7 heteroatoms. The van der Waals surface area contributed by atoms with Gasteiger partial charge in [-0.2, -0.15) is 0 Å². The Bertz CT molecular complexity index is 831. The second kappa shape index (κ2) is 7.59. The van der Waals surface area contributed by atoms with Crippen molar-refractivity contribution in [3.05, 3.63) is 77.2 Å². The SMILES string of the molecule is O=[N+]([O-])c1cn(C[C@@H](O)COc2ccc(-c3ccccc3)cc2)cn1. The maximum Gasteiger partial charge on any atom is 0.381 e. The number of aliphatic hydroxyl groups excluding tert-OH is 1. The van der Waals surface area contributed by atoms with Crippen molar-refractivity contribution < 1.29 is 14.8 Å². The third-order valence-electron chi connectivity index (χ3n) is 3.63. The molecule has 25 heavy (non-hydrogen) atoms. The highest BCUT2D eigenvalue weighted by atomic mass is 16.6. The molecule has 0 aliphatic heterocycles. The molecule has 1 heterocycles. The van der Waals surface area contributed by atoms with Gasteiger partial charge in [0.15, 0.2) is 0 Å². The Hall–Kier alpha value is -3.19. The highest BCUT2D eigenvalue weighted by Gasteiger charge is 2.13. The number of benzene rings is 2. The minimum Gasteiger partial charge on any atom is -0.491 e. The van der Waals surface area contributed by atoms with Gasteiger partial charge in [-0.05, 0) is 33.2 Å². The third-order valence-corrected chi connectivity index (χ3v) is 3.63. The maximum absolute atomic E-state index is 10.6. The monoisotopic (exact) mass is 339 g/mol. The Morgan fingerprint density at radius 2 is 1.80 bits per heavy atom. The summed E-state index contributed by atoms with van der Waals surface area (Å²) >= 11 is 0. The van der Waals surface area contributed by atoms with Gasteiger partial charge >= 0.3 is 5.82 Å². The zero-order chi connectivity index (χ0) is 17.6. The van der Waals surface area contributed by atoms with Crippen molar-refractivity contribution in [2.75, 3.05) is 6.61 Å². The van der Waals surface area contributed by atoms with Gasteiger partial charge in [-0.3, -0.25) is 0 Å². The van der Waals surface area contributed by atoms with Crippen LogP contribution in [0.3, 0.4) is 0 Å². The fraction of sp³-hybridized carbons (Fsp3) is 0.167. The third kappa shape index (κ3) is 4.42. The minimum absolute atomic E-state index is 0.0800. The number of ether oxygens (including phenoxy) is 1. The number of aliphatic hydroxyl groups is 1. The predicted molar refractivity (Wildman–Crippen MR) is 92.3 cm³/mol. The van der Waals surface area contributed by atoms with Crippen LogP contribution in [-0.4, -0.2) is 32.3 Å². The topological polar surface area (TPSA) is 90.4 Å². The van der Waals surface area contributed by atoms with Crippen molar-refractivity contribution in [2.24, 2.45) is 0 Å². The van der Waals surface area contributed by atoms with Crippen molar-refractivity contribution in [1.29, 1.82) is 0 Å². The summed E-state index contributed by atoms with van der Waals surface area (Å²) in [5.74, 6) is 0.403. The quantitative estimate of drug-likeness (QED) is 0.528. The van der Waals surface area contributed by atoms with Crippen LogP contribution in [0.2, 0.25) is 0 Å². The van der Waals surface area contributed by atoms with E-state index in [4.69, 9.17) is 4.74 Å². The molecule has 0 unspecified atom stereocenters. The van der Waals surface area contributed by atoms with Crippen molar-refractivity contribution in [3.63, 3.8) is 0 Å². The van der Waals surface area contributed by atoms with E-state index in [-0.39, 0.29) is 19.0 Å². The van der Waals surface area contributed by atoms with Gasteiger partial charge in [0.25, 0.3) is 0 Å². The molecule has 3 aromatic rings. The highest BCUT2D eigenvalue weighted by Crippen LogP contribution is 2.22. The van der Waals surface area contributed by atoms with E-state index < -0.39 is 11.0 Å². The predicted octanol–water partition coefficient (Wildman–Crippen LogP) is 2.90. The van der Waals surface area contributed by atoms with Crippen LogP contribution in [0.5, 0.6) is 5.75 Å². The number of nitrogens with zero attached hydrogens (tertiary/aromatic N) is 3. The summed E-state index contributed by atoms with van der Waals surface area (Å²) < 4.78 is 7.03. The van der Waals surface area contributed by atoms with Crippen LogP contribution in [0.4, 0.5) is 5.82 Å². The number of imidazole rings is 1. The smallest absolute Gasteiger partial charge is 0.381 e. The molecular weight excluding hydrogens is 322 g/mol. The average Bonchev–Trinajstić information content (AvgIpc) is 3.10. The van der Waals surface area contributed by atoms with Crippen LogP contribution < -0.4 is 4.74 Å². The van der Waals surface area contributed by atoms with Gasteiger partial charge in [-0.15, -0.1) is 0 Å². The summed E-state index contributed by atoms with van der Waals surface area (Å²) in [6.45, 7) is 0.250. The van der Waals surface area contributed by atoms with E-state index in [1.165, 1.54) is 17.1 Å². The summed E-state index contributed by atoms with van der Waals surface area (Å²) in [6.07, 6.45) is 1.79. The van der Waals surface area contributed by atoms with E-state index in [1.54, 1.807) is 0 Å². The Morgan fingerprint density at radius 1 is 1.12 bits per heavy atom. The first kappa shape index (κ1) is 16.7. The number of aromatic nitrogens is 2. The van der Waals surface area contributed by atoms with Gasteiger partial charge in [-0.1, -0.05) is 42.5 Å². The molecule has 0 aliphatic carbocycles. The van der Waals surface area contributed by atoms with Crippen LogP contribution in [0.1, 0.15) is 0 Å². The number of hydrogen-bond donors (Lipinski definition) is 1. The summed E-state index contributed by atoms with van der Waals surface area (Å²) in [7, 11) is 0. The molecule has 2 aromatic carbocycles. The van der Waals surface area contributed by atoms with Crippen molar-refractivity contribution >= 4 is 5.82 Å². The summed E-state index contributed by atoms with van der Waals surface area (Å²) in [5.41, 5.74) is 2.20. The van der Waals surface area contributed by atoms with Crippen molar-refractivity contribution in [3.8, 4) is 16.9 Å². The minimum atomic E-state index is -0.803. The summed E-state index contributed by atoms with van der Waals surface area (Å²) in [4.78, 5) is 13.6. The van der Waals surface area contributed by atoms with Crippen LogP contribution in [0.25, 0.3) is 11.1 Å². The van der Waals surface area contributed by atoms with E-state index in [2.05, 4.69) is 4.98 Å². The molecule has 0 bridgehead atoms. The van der Waals surface area contributed by atoms with Crippen LogP contribution in [0, 0.1) is 10.1 Å². The number of hydrogen-bond acceptors (Lipinski definition) is 5. The Balaban J connectivity index is 1.53. The lowest BCUT2D eigenvalue weighted by Crippen LogP contribution is -2.23. The van der Waals surface area contributed by atoms with Gasteiger partial charge in [-0.25, -0.2) is 0 Å². The fourth-order valence-electron chi connectivity index (χ4n) is 2.41. The largest absolute Gasteiger partial charge is 0.491 e. The first-order valence-corrected chi connectivity index (χ1v) is 7.74. The van der Waals surface area contributed by atoms with Gasteiger partial charge in [0.1, 0.15) is 24.7 Å². The zero-order valence-corrected chi connectivity index (χ0v) is 13.4. The van der Waals surface area contributed by atoms with Crippen LogP contribution >= 0.6 is 0 Å². The van der Waals surface area contributed by atoms with Crippen molar-refractivity contribution in [2.45, 2.75) is 12.6 Å². The molecule has 128 valence electrons.